The lowest BCUT2D eigenvalue weighted by atomic mass is 9.89. The van der Waals surface area contributed by atoms with E-state index in [1.54, 1.807) is 11.9 Å². The molecule has 2 heterocycles. The van der Waals surface area contributed by atoms with Crippen LogP contribution in [0.5, 0.6) is 0 Å². The number of benzene rings is 3. The predicted octanol–water partition coefficient (Wildman–Crippen LogP) is 4.90. The van der Waals surface area contributed by atoms with Gasteiger partial charge in [0.1, 0.15) is 0 Å². The van der Waals surface area contributed by atoms with E-state index >= 15 is 0 Å². The highest BCUT2D eigenvalue weighted by Crippen LogP contribution is 2.36. The quantitative estimate of drug-likeness (QED) is 0.487. The van der Waals surface area contributed by atoms with Crippen LogP contribution < -0.4 is 5.32 Å². The molecule has 1 atom stereocenters. The maximum atomic E-state index is 12.2. The summed E-state index contributed by atoms with van der Waals surface area (Å²) in [4.78, 5) is 24.8. The zero-order valence-corrected chi connectivity index (χ0v) is 17.3. The Labute approximate surface area is 180 Å². The Morgan fingerprint density at radius 1 is 0.833 bits per heavy atom. The van der Waals surface area contributed by atoms with Gasteiger partial charge in [-0.15, -0.1) is 0 Å². The smallest absolute Gasteiger partial charge is 0.234 e. The molecule has 5 rings (SSSR count). The van der Waals surface area contributed by atoms with Crippen molar-refractivity contribution in [3.63, 3.8) is 0 Å². The SMILES string of the molecule is O=C1CCC(c2ccc3c(c2)CN(Sc2ccc(-c4ccccc4)cc2)C3)C(=O)N1. The summed E-state index contributed by atoms with van der Waals surface area (Å²) in [6.45, 7) is 1.73. The van der Waals surface area contributed by atoms with Crippen molar-refractivity contribution in [2.24, 2.45) is 0 Å². The number of amides is 2. The maximum absolute atomic E-state index is 12.2. The van der Waals surface area contributed by atoms with Gasteiger partial charge in [0, 0.05) is 24.4 Å². The van der Waals surface area contributed by atoms with Gasteiger partial charge in [-0.25, -0.2) is 4.31 Å². The van der Waals surface area contributed by atoms with Crippen molar-refractivity contribution in [2.45, 2.75) is 36.7 Å². The van der Waals surface area contributed by atoms with Crippen LogP contribution in [0.2, 0.25) is 0 Å². The van der Waals surface area contributed by atoms with E-state index in [0.717, 1.165) is 18.7 Å². The normalized spacial score (nSPS) is 18.9. The zero-order chi connectivity index (χ0) is 20.5. The molecule has 1 N–H and O–H groups in total. The summed E-state index contributed by atoms with van der Waals surface area (Å²) in [6, 6.07) is 25.4. The van der Waals surface area contributed by atoms with Gasteiger partial charge in [-0.3, -0.25) is 14.9 Å². The van der Waals surface area contributed by atoms with Crippen LogP contribution in [0.25, 0.3) is 11.1 Å². The van der Waals surface area contributed by atoms with Crippen LogP contribution in [-0.4, -0.2) is 16.1 Å². The first-order valence-corrected chi connectivity index (χ1v) is 11.0. The number of imide groups is 1. The molecule has 5 heteroatoms. The molecule has 0 radical (unpaired) electrons. The molecule has 0 saturated carbocycles. The van der Waals surface area contributed by atoms with Gasteiger partial charge in [-0.05, 0) is 58.3 Å². The van der Waals surface area contributed by atoms with E-state index in [2.05, 4.69) is 70.3 Å². The minimum Gasteiger partial charge on any atom is -0.296 e. The third-order valence-electron chi connectivity index (χ3n) is 5.76. The molecule has 3 aromatic rings. The fraction of sp³-hybridized carbons (Fsp3) is 0.200. The lowest BCUT2D eigenvalue weighted by Crippen LogP contribution is -2.39. The molecule has 0 aromatic heterocycles. The fourth-order valence-electron chi connectivity index (χ4n) is 4.16. The first kappa shape index (κ1) is 19.1. The number of carbonyl (C=O) groups excluding carboxylic acids is 2. The van der Waals surface area contributed by atoms with E-state index in [1.807, 2.05) is 12.1 Å². The summed E-state index contributed by atoms with van der Waals surface area (Å²) in [5.74, 6) is -0.563. The predicted molar refractivity (Wildman–Crippen MR) is 119 cm³/mol. The third-order valence-corrected chi connectivity index (χ3v) is 6.76. The Hall–Kier alpha value is -2.89. The van der Waals surface area contributed by atoms with E-state index < -0.39 is 0 Å². The highest BCUT2D eigenvalue weighted by molar-refractivity contribution is 7.97. The molecule has 1 saturated heterocycles. The number of hydrogen-bond donors (Lipinski definition) is 1. The molecule has 2 aliphatic heterocycles. The third kappa shape index (κ3) is 3.91. The number of nitrogens with one attached hydrogen (secondary N) is 1. The van der Waals surface area contributed by atoms with Crippen molar-refractivity contribution in [3.05, 3.63) is 89.5 Å². The van der Waals surface area contributed by atoms with Crippen molar-refractivity contribution in [3.8, 4) is 11.1 Å². The Bertz CT molecular complexity index is 1100. The number of hydrogen-bond acceptors (Lipinski definition) is 4. The molecule has 1 unspecified atom stereocenters. The molecule has 2 amide bonds. The summed E-state index contributed by atoms with van der Waals surface area (Å²) in [7, 11) is 0. The summed E-state index contributed by atoms with van der Waals surface area (Å²) in [5, 5.41) is 2.46. The lowest BCUT2D eigenvalue weighted by Gasteiger charge is -2.21. The van der Waals surface area contributed by atoms with Gasteiger partial charge in [0.05, 0.1) is 5.92 Å². The van der Waals surface area contributed by atoms with Crippen LogP contribution in [0.3, 0.4) is 0 Å². The van der Waals surface area contributed by atoms with Gasteiger partial charge in [0.2, 0.25) is 11.8 Å². The van der Waals surface area contributed by atoms with E-state index in [1.165, 1.54) is 27.1 Å². The van der Waals surface area contributed by atoms with Crippen LogP contribution in [0.1, 0.15) is 35.4 Å². The molecule has 0 aliphatic carbocycles. The van der Waals surface area contributed by atoms with Crippen molar-refractivity contribution in [1.82, 2.24) is 9.62 Å². The summed E-state index contributed by atoms with van der Waals surface area (Å²) < 4.78 is 2.34. The first-order chi connectivity index (χ1) is 14.7. The van der Waals surface area contributed by atoms with Gasteiger partial charge in [0.15, 0.2) is 0 Å². The summed E-state index contributed by atoms with van der Waals surface area (Å²) in [6.07, 6.45) is 1.00. The Morgan fingerprint density at radius 3 is 2.33 bits per heavy atom. The number of piperidine rings is 1. The number of rotatable bonds is 4. The first-order valence-electron chi connectivity index (χ1n) is 10.2. The molecule has 1 fully saturated rings. The van der Waals surface area contributed by atoms with E-state index in [0.29, 0.717) is 12.8 Å². The van der Waals surface area contributed by atoms with Crippen LogP contribution in [0, 0.1) is 0 Å². The molecule has 2 aliphatic rings. The van der Waals surface area contributed by atoms with Crippen LogP contribution in [0.4, 0.5) is 0 Å². The average Bonchev–Trinajstić information content (AvgIpc) is 3.16. The lowest BCUT2D eigenvalue weighted by molar-refractivity contribution is -0.134. The van der Waals surface area contributed by atoms with E-state index in [9.17, 15) is 9.59 Å². The van der Waals surface area contributed by atoms with Crippen molar-refractivity contribution in [2.75, 3.05) is 0 Å². The van der Waals surface area contributed by atoms with Crippen molar-refractivity contribution in [1.29, 1.82) is 0 Å². The molecular formula is C25H22N2O2S. The highest BCUT2D eigenvalue weighted by Gasteiger charge is 2.29. The molecular weight excluding hydrogens is 392 g/mol. The number of fused-ring (bicyclic) bond motifs is 1. The van der Waals surface area contributed by atoms with Gasteiger partial charge in [-0.1, -0.05) is 60.7 Å². The van der Waals surface area contributed by atoms with E-state index in [4.69, 9.17) is 0 Å². The molecule has 30 heavy (non-hydrogen) atoms. The Kier molecular flexibility index (Phi) is 5.15. The minimum absolute atomic E-state index is 0.168. The van der Waals surface area contributed by atoms with Gasteiger partial charge >= 0.3 is 0 Å². The molecule has 150 valence electrons. The monoisotopic (exact) mass is 414 g/mol. The zero-order valence-electron chi connectivity index (χ0n) is 16.5. The van der Waals surface area contributed by atoms with Gasteiger partial charge < -0.3 is 0 Å². The second-order valence-electron chi connectivity index (χ2n) is 7.81. The van der Waals surface area contributed by atoms with Gasteiger partial charge in [-0.2, -0.15) is 0 Å². The van der Waals surface area contributed by atoms with Crippen molar-refractivity contribution < 1.29 is 9.59 Å². The molecule has 3 aromatic carbocycles. The molecule has 0 spiro atoms. The fourth-order valence-corrected chi connectivity index (χ4v) is 5.13. The topological polar surface area (TPSA) is 49.4 Å². The minimum atomic E-state index is -0.222. The highest BCUT2D eigenvalue weighted by atomic mass is 32.2. The standard InChI is InChI=1S/C25H22N2O2S/c28-24-13-12-23(25(29)26-24)19-6-7-20-15-27(16-21(20)14-19)30-22-10-8-18(9-11-22)17-4-2-1-3-5-17/h1-11,14,23H,12-13,15-16H2,(H,26,28,29). The van der Waals surface area contributed by atoms with Crippen molar-refractivity contribution >= 4 is 23.8 Å². The van der Waals surface area contributed by atoms with Crippen LogP contribution in [0.15, 0.2) is 77.7 Å². The number of nitrogens with zero attached hydrogens (tertiary/aromatic N) is 1. The average molecular weight is 415 g/mol. The molecule has 0 bridgehead atoms. The van der Waals surface area contributed by atoms with Crippen LogP contribution in [-0.2, 0) is 22.7 Å². The maximum Gasteiger partial charge on any atom is 0.234 e. The van der Waals surface area contributed by atoms with E-state index in [-0.39, 0.29) is 17.7 Å². The van der Waals surface area contributed by atoms with Crippen LogP contribution >= 0.6 is 11.9 Å². The Balaban J connectivity index is 1.26. The number of carbonyl (C=O) groups is 2. The molecule has 4 nitrogen and oxygen atoms in total. The second-order valence-corrected chi connectivity index (χ2v) is 8.98. The Morgan fingerprint density at radius 2 is 1.57 bits per heavy atom. The summed E-state index contributed by atoms with van der Waals surface area (Å²) >= 11 is 1.76. The summed E-state index contributed by atoms with van der Waals surface area (Å²) in [5.41, 5.74) is 6.03. The largest absolute Gasteiger partial charge is 0.296 e. The van der Waals surface area contributed by atoms with Gasteiger partial charge in [0.25, 0.3) is 0 Å². The second kappa shape index (κ2) is 8.09.